The van der Waals surface area contributed by atoms with E-state index in [-0.39, 0.29) is 14.9 Å². The zero-order valence-corrected chi connectivity index (χ0v) is 25.2. The molecule has 0 saturated heterocycles. The maximum atomic E-state index is 6.72. The topological polar surface area (TPSA) is 36.9 Å². The maximum absolute atomic E-state index is 6.72. The van der Waals surface area contributed by atoms with Crippen LogP contribution in [0.2, 0.25) is 90.7 Å². The van der Waals surface area contributed by atoms with E-state index < -0.39 is 51.6 Å². The van der Waals surface area contributed by atoms with E-state index in [0.717, 1.165) is 18.3 Å². The van der Waals surface area contributed by atoms with Crippen LogP contribution in [0, 0.1) is 0 Å². The van der Waals surface area contributed by atoms with Crippen molar-refractivity contribution >= 4 is 51.6 Å². The Morgan fingerprint density at radius 1 is 0.667 bits per heavy atom. The molecule has 0 radical (unpaired) electrons. The summed E-state index contributed by atoms with van der Waals surface area (Å²) in [4.78, 5) is 0. The molecular formula is C17H52O4Si6. The van der Waals surface area contributed by atoms with Gasteiger partial charge in [-0.15, -0.1) is 0 Å². The Morgan fingerprint density at radius 3 is 1.37 bits per heavy atom. The lowest BCUT2D eigenvalue weighted by atomic mass is 10.9. The second-order valence-electron chi connectivity index (χ2n) is 10.2. The summed E-state index contributed by atoms with van der Waals surface area (Å²) in [5, 5.41) is 0. The molecule has 0 aromatic carbocycles. The van der Waals surface area contributed by atoms with Crippen LogP contribution in [0.4, 0.5) is 0 Å². The van der Waals surface area contributed by atoms with Crippen LogP contribution < -0.4 is 0 Å². The fraction of sp³-hybridized carbons (Fsp3) is 1.00. The lowest BCUT2D eigenvalue weighted by Crippen LogP contribution is -2.58. The second-order valence-corrected chi connectivity index (χ2v) is 32.7. The highest BCUT2D eigenvalue weighted by Gasteiger charge is 2.48. The predicted octanol–water partition coefficient (Wildman–Crippen LogP) is 6.15. The molecule has 0 aromatic heterocycles. The Labute approximate surface area is 179 Å². The summed E-state index contributed by atoms with van der Waals surface area (Å²) in [7, 11) is -9.71. The lowest BCUT2D eigenvalue weighted by molar-refractivity contribution is 0.187. The van der Waals surface area contributed by atoms with Crippen molar-refractivity contribution in [1.82, 2.24) is 0 Å². The molecule has 0 rings (SSSR count). The largest absolute Gasteiger partial charge is 0.479 e. The SMILES string of the molecule is C.C.C[SiH](C)CO[Si](CC[Si](C)(C)O[SiH](C)C)(O[Si](C)(C)C)O[Si](C)(C)C. The summed E-state index contributed by atoms with van der Waals surface area (Å²) in [6.45, 7) is 27.3. The highest BCUT2D eigenvalue weighted by atomic mass is 28.5. The highest BCUT2D eigenvalue weighted by molar-refractivity contribution is 6.87. The van der Waals surface area contributed by atoms with Crippen molar-refractivity contribution in [2.75, 3.05) is 6.23 Å². The minimum atomic E-state index is -2.66. The molecule has 0 aliphatic heterocycles. The third kappa shape index (κ3) is 17.7. The first-order chi connectivity index (χ1) is 11.0. The molecule has 0 aliphatic carbocycles. The van der Waals surface area contributed by atoms with Gasteiger partial charge >= 0.3 is 8.80 Å². The predicted molar refractivity (Wildman–Crippen MR) is 140 cm³/mol. The zero-order chi connectivity index (χ0) is 20.1. The average molecular weight is 489 g/mol. The minimum absolute atomic E-state index is 0. The molecule has 0 N–H and O–H groups in total. The van der Waals surface area contributed by atoms with Crippen molar-refractivity contribution < 1.29 is 16.8 Å². The van der Waals surface area contributed by atoms with Crippen molar-refractivity contribution in [3.05, 3.63) is 0 Å². The van der Waals surface area contributed by atoms with E-state index in [2.05, 4.69) is 78.6 Å². The summed E-state index contributed by atoms with van der Waals surface area (Å²) in [5.74, 6) is 0. The van der Waals surface area contributed by atoms with E-state index in [1.807, 2.05) is 0 Å². The fourth-order valence-electron chi connectivity index (χ4n) is 2.63. The molecule has 0 aromatic rings. The summed E-state index contributed by atoms with van der Waals surface area (Å²) in [6, 6.07) is 1.99. The Balaban J connectivity index is -0.00000288. The molecular weight excluding hydrogens is 437 g/mol. The van der Waals surface area contributed by atoms with Crippen LogP contribution in [-0.2, 0) is 16.8 Å². The smallest absolute Gasteiger partial charge is 0.458 e. The quantitative estimate of drug-likeness (QED) is 0.309. The van der Waals surface area contributed by atoms with Gasteiger partial charge in [-0.05, 0) is 71.5 Å². The van der Waals surface area contributed by atoms with Crippen LogP contribution in [-0.4, -0.2) is 57.8 Å². The molecule has 0 fully saturated rings. The van der Waals surface area contributed by atoms with E-state index in [0.29, 0.717) is 0 Å². The van der Waals surface area contributed by atoms with Gasteiger partial charge in [0.1, 0.15) is 0 Å². The van der Waals surface area contributed by atoms with Crippen LogP contribution in [0.3, 0.4) is 0 Å². The number of rotatable bonds is 12. The van der Waals surface area contributed by atoms with Gasteiger partial charge in [0.25, 0.3) is 0 Å². The van der Waals surface area contributed by atoms with Crippen LogP contribution in [0.15, 0.2) is 0 Å². The molecule has 0 unspecified atom stereocenters. The van der Waals surface area contributed by atoms with Crippen molar-refractivity contribution in [2.45, 2.75) is 106 Å². The monoisotopic (exact) mass is 488 g/mol. The Bertz CT molecular complexity index is 376. The van der Waals surface area contributed by atoms with Crippen LogP contribution in [0.5, 0.6) is 0 Å². The van der Waals surface area contributed by atoms with Gasteiger partial charge in [-0.25, -0.2) is 0 Å². The van der Waals surface area contributed by atoms with E-state index in [1.165, 1.54) is 0 Å². The number of hydrogen-bond acceptors (Lipinski definition) is 4. The zero-order valence-electron chi connectivity index (χ0n) is 18.9. The highest BCUT2D eigenvalue weighted by Crippen LogP contribution is 2.30. The number of hydrogen-bond donors (Lipinski definition) is 0. The Morgan fingerprint density at radius 2 is 1.07 bits per heavy atom. The molecule has 4 nitrogen and oxygen atoms in total. The molecule has 10 heteroatoms. The third-order valence-corrected chi connectivity index (χ3v) is 19.6. The van der Waals surface area contributed by atoms with Gasteiger partial charge in [0.2, 0.25) is 0 Å². The van der Waals surface area contributed by atoms with Crippen molar-refractivity contribution in [3.8, 4) is 0 Å². The maximum Gasteiger partial charge on any atom is 0.479 e. The van der Waals surface area contributed by atoms with Gasteiger partial charge in [-0.1, -0.05) is 27.9 Å². The van der Waals surface area contributed by atoms with Gasteiger partial charge in [0.05, 0.1) is 8.80 Å². The Hall–Kier alpha value is 1.14. The first-order valence-electron chi connectivity index (χ1n) is 9.67. The molecule has 0 heterocycles. The molecule has 0 aliphatic rings. The van der Waals surface area contributed by atoms with Crippen molar-refractivity contribution in [1.29, 1.82) is 0 Å². The standard InChI is InChI=1S/C15H44O4Si6.2CH4/c1-20(2)15-16-25(18-22(5,6)7,19-23(8,9)10)14-13-24(11,12)17-21(3)4;;/h20-21H,13-15H2,1-12H3;2*1H4. The molecule has 27 heavy (non-hydrogen) atoms. The Kier molecular flexibility index (Phi) is 15.5. The third-order valence-electron chi connectivity index (χ3n) is 3.15. The molecule has 0 bridgehead atoms. The first kappa shape index (κ1) is 32.8. The second kappa shape index (κ2) is 12.7. The van der Waals surface area contributed by atoms with Crippen molar-refractivity contribution in [2.24, 2.45) is 0 Å². The van der Waals surface area contributed by atoms with E-state index >= 15 is 0 Å². The van der Waals surface area contributed by atoms with E-state index in [4.69, 9.17) is 16.8 Å². The summed E-state index contributed by atoms with van der Waals surface area (Å²) >= 11 is 0. The molecule has 0 atom stereocenters. The molecule has 0 amide bonds. The summed E-state index contributed by atoms with van der Waals surface area (Å²) in [5.41, 5.74) is 0. The molecule has 0 spiro atoms. The van der Waals surface area contributed by atoms with E-state index in [9.17, 15) is 0 Å². The van der Waals surface area contributed by atoms with Crippen LogP contribution in [0.1, 0.15) is 14.9 Å². The summed E-state index contributed by atoms with van der Waals surface area (Å²) < 4.78 is 26.4. The van der Waals surface area contributed by atoms with Gasteiger partial charge in [-0.2, -0.15) is 0 Å². The fourth-order valence-corrected chi connectivity index (χ4v) is 23.6. The van der Waals surface area contributed by atoms with Gasteiger partial charge in [0, 0.05) is 12.3 Å². The normalized spacial score (nSPS) is 13.6. The van der Waals surface area contributed by atoms with Crippen LogP contribution >= 0.6 is 0 Å². The first-order valence-corrected chi connectivity index (χ1v) is 27.4. The summed E-state index contributed by atoms with van der Waals surface area (Å²) in [6.07, 6.45) is 0.850. The van der Waals surface area contributed by atoms with Gasteiger partial charge in [0.15, 0.2) is 34.0 Å². The van der Waals surface area contributed by atoms with Crippen LogP contribution in [0.25, 0.3) is 0 Å². The average Bonchev–Trinajstić information content (AvgIpc) is 2.28. The molecule has 168 valence electrons. The van der Waals surface area contributed by atoms with Gasteiger partial charge < -0.3 is 16.8 Å². The lowest BCUT2D eigenvalue weighted by Gasteiger charge is -2.41. The van der Waals surface area contributed by atoms with Gasteiger partial charge in [-0.3, -0.25) is 0 Å². The van der Waals surface area contributed by atoms with Crippen molar-refractivity contribution in [3.63, 3.8) is 0 Å². The minimum Gasteiger partial charge on any atom is -0.458 e. The van der Waals surface area contributed by atoms with E-state index in [1.54, 1.807) is 0 Å². The molecule has 0 saturated carbocycles.